The zero-order chi connectivity index (χ0) is 20.5. The smallest absolute Gasteiger partial charge is 0.363 e. The number of carbonyl (C=O) groups excluding carboxylic acids is 3. The molecule has 3 heterocycles. The number of piperidine rings is 1. The monoisotopic (exact) mass is 420 g/mol. The van der Waals surface area contributed by atoms with Gasteiger partial charge in [-0.25, -0.2) is 15.0 Å². The number of aromatic nitrogens is 4. The molecule has 17 heteroatoms. The number of hydroxylamine groups is 3. The van der Waals surface area contributed by atoms with Crippen molar-refractivity contribution in [3.05, 3.63) is 5.82 Å². The van der Waals surface area contributed by atoms with Gasteiger partial charge in [-0.1, -0.05) is 0 Å². The van der Waals surface area contributed by atoms with Crippen molar-refractivity contribution < 1.29 is 36.5 Å². The Hall–Kier alpha value is -2.89. The average Bonchev–Trinajstić information content (AvgIpc) is 3.17. The second-order valence-corrected chi connectivity index (χ2v) is 6.92. The first-order chi connectivity index (χ1) is 13.2. The maximum absolute atomic E-state index is 12.3. The molecule has 1 aromatic heterocycles. The molecule has 154 valence electrons. The normalized spacial score (nSPS) is 21.8. The van der Waals surface area contributed by atoms with Crippen molar-refractivity contribution in [3.63, 3.8) is 0 Å². The number of nitrogens with two attached hydrogens (primary N) is 1. The van der Waals surface area contributed by atoms with E-state index in [-0.39, 0.29) is 38.4 Å². The fourth-order valence-corrected chi connectivity index (χ4v) is 3.35. The van der Waals surface area contributed by atoms with Gasteiger partial charge in [0.2, 0.25) is 5.82 Å². The average molecular weight is 420 g/mol. The molecule has 0 saturated carbocycles. The van der Waals surface area contributed by atoms with Gasteiger partial charge in [-0.3, -0.25) is 19.0 Å². The fraction of sp³-hybridized carbons (Fsp3) is 0.636. The molecule has 2 fully saturated rings. The standard InChI is InChI=1S/C11H16N8O8S/c12-8(20)9-13-15-16-18(9)3-4-26-14-10(21)7-2-1-6-5-17(7)11(22)19(6)27-28(23,24)25/h6-7H,1-5H2,(H2,12,20)(H,14,21)(H,23,24,25)/t6-,7+/m1/s1. The van der Waals surface area contributed by atoms with Crippen molar-refractivity contribution in [2.75, 3.05) is 13.2 Å². The van der Waals surface area contributed by atoms with Crippen molar-refractivity contribution >= 4 is 28.2 Å². The third kappa shape index (κ3) is 4.16. The molecule has 4 N–H and O–H groups in total. The maximum Gasteiger partial charge on any atom is 0.418 e. The number of hydrogen-bond donors (Lipinski definition) is 3. The zero-order valence-corrected chi connectivity index (χ0v) is 15.0. The molecule has 0 spiro atoms. The van der Waals surface area contributed by atoms with Gasteiger partial charge in [-0.05, 0) is 23.3 Å². The number of fused-ring (bicyclic) bond motifs is 2. The first-order valence-corrected chi connectivity index (χ1v) is 9.28. The maximum atomic E-state index is 12.3. The van der Waals surface area contributed by atoms with E-state index in [1.165, 1.54) is 0 Å². The van der Waals surface area contributed by atoms with E-state index in [1.54, 1.807) is 0 Å². The van der Waals surface area contributed by atoms with E-state index in [1.807, 2.05) is 0 Å². The number of carbonyl (C=O) groups is 3. The zero-order valence-electron chi connectivity index (χ0n) is 14.2. The molecule has 2 aliphatic rings. The molecule has 1 aromatic rings. The third-order valence-corrected chi connectivity index (χ3v) is 4.48. The number of primary amides is 1. The van der Waals surface area contributed by atoms with Crippen LogP contribution in [0.3, 0.4) is 0 Å². The molecule has 2 bridgehead atoms. The number of nitrogens with zero attached hydrogens (tertiary/aromatic N) is 6. The van der Waals surface area contributed by atoms with Crippen LogP contribution in [0, 0.1) is 0 Å². The van der Waals surface area contributed by atoms with Gasteiger partial charge in [0.1, 0.15) is 6.04 Å². The Kier molecular flexibility index (Phi) is 5.40. The van der Waals surface area contributed by atoms with Gasteiger partial charge < -0.3 is 10.6 Å². The number of urea groups is 1. The van der Waals surface area contributed by atoms with Gasteiger partial charge in [0.25, 0.3) is 11.8 Å². The van der Waals surface area contributed by atoms with Crippen LogP contribution in [0.4, 0.5) is 4.79 Å². The lowest BCUT2D eigenvalue weighted by molar-refractivity contribution is -0.139. The number of tetrazole rings is 1. The molecule has 2 saturated heterocycles. The van der Waals surface area contributed by atoms with Crippen molar-refractivity contribution in [2.45, 2.75) is 31.5 Å². The summed E-state index contributed by atoms with van der Waals surface area (Å²) in [6, 6.07) is -2.38. The highest BCUT2D eigenvalue weighted by Crippen LogP contribution is 2.30. The summed E-state index contributed by atoms with van der Waals surface area (Å²) in [7, 11) is -4.86. The lowest BCUT2D eigenvalue weighted by Gasteiger charge is -2.28. The first kappa shape index (κ1) is 19.9. The van der Waals surface area contributed by atoms with Crippen LogP contribution in [0.1, 0.15) is 23.5 Å². The summed E-state index contributed by atoms with van der Waals surface area (Å²) in [6.45, 7) is -0.0195. The number of nitrogens with one attached hydrogen (secondary N) is 1. The summed E-state index contributed by atoms with van der Waals surface area (Å²) in [6.07, 6.45) is 0.512. The predicted octanol–water partition coefficient (Wildman–Crippen LogP) is -3.18. The van der Waals surface area contributed by atoms with Gasteiger partial charge in [0, 0.05) is 6.54 Å². The molecule has 3 rings (SSSR count). The molecule has 0 unspecified atom stereocenters. The highest BCUT2D eigenvalue weighted by molar-refractivity contribution is 7.80. The highest BCUT2D eigenvalue weighted by Gasteiger charge is 2.49. The summed E-state index contributed by atoms with van der Waals surface area (Å²) in [5.74, 6) is -1.63. The first-order valence-electron chi connectivity index (χ1n) is 7.92. The van der Waals surface area contributed by atoms with Crippen molar-refractivity contribution in [2.24, 2.45) is 5.73 Å². The summed E-state index contributed by atoms with van der Waals surface area (Å²) < 4.78 is 35.8. The number of amides is 4. The second-order valence-electron chi connectivity index (χ2n) is 5.91. The third-order valence-electron chi connectivity index (χ3n) is 4.13. The predicted molar refractivity (Wildman–Crippen MR) is 83.8 cm³/mol. The molecule has 2 aliphatic heterocycles. The molecule has 0 aliphatic carbocycles. The van der Waals surface area contributed by atoms with Gasteiger partial charge in [0.05, 0.1) is 19.2 Å². The molecule has 16 nitrogen and oxygen atoms in total. The lowest BCUT2D eigenvalue weighted by atomic mass is 10.0. The number of hydrogen-bond acceptors (Lipinski definition) is 10. The Bertz CT molecular complexity index is 887. The van der Waals surface area contributed by atoms with Crippen molar-refractivity contribution in [1.82, 2.24) is 35.7 Å². The molecule has 0 radical (unpaired) electrons. The van der Waals surface area contributed by atoms with Crippen LogP contribution in [0.2, 0.25) is 0 Å². The summed E-state index contributed by atoms with van der Waals surface area (Å²) >= 11 is 0. The van der Waals surface area contributed by atoms with Crippen LogP contribution in [-0.4, -0.2) is 86.2 Å². The minimum absolute atomic E-state index is 0.0247. The molecule has 2 atom stereocenters. The van der Waals surface area contributed by atoms with Crippen LogP contribution in [0.15, 0.2) is 0 Å². The molecule has 28 heavy (non-hydrogen) atoms. The van der Waals surface area contributed by atoms with Crippen LogP contribution in [0.25, 0.3) is 0 Å². The molecule has 4 amide bonds. The van der Waals surface area contributed by atoms with Crippen LogP contribution in [0.5, 0.6) is 0 Å². The van der Waals surface area contributed by atoms with E-state index in [2.05, 4.69) is 25.3 Å². The molecular weight excluding hydrogens is 404 g/mol. The number of rotatable bonds is 8. The topological polar surface area (TPSA) is 212 Å². The second kappa shape index (κ2) is 7.62. The Labute approximate surface area is 157 Å². The fourth-order valence-electron chi connectivity index (χ4n) is 2.96. The van der Waals surface area contributed by atoms with E-state index in [4.69, 9.17) is 15.1 Å². The van der Waals surface area contributed by atoms with Gasteiger partial charge in [-0.2, -0.15) is 13.5 Å². The van der Waals surface area contributed by atoms with E-state index < -0.39 is 40.3 Å². The van der Waals surface area contributed by atoms with Crippen LogP contribution >= 0.6 is 0 Å². The lowest BCUT2D eigenvalue weighted by Crippen LogP contribution is -2.49. The summed E-state index contributed by atoms with van der Waals surface area (Å²) in [4.78, 5) is 41.7. The Morgan fingerprint density at radius 3 is 2.79 bits per heavy atom. The van der Waals surface area contributed by atoms with E-state index >= 15 is 0 Å². The van der Waals surface area contributed by atoms with Crippen molar-refractivity contribution in [1.29, 1.82) is 0 Å². The van der Waals surface area contributed by atoms with Gasteiger partial charge >= 0.3 is 16.4 Å². The van der Waals surface area contributed by atoms with Gasteiger partial charge in [0.15, 0.2) is 0 Å². The minimum Gasteiger partial charge on any atom is -0.363 e. The largest absolute Gasteiger partial charge is 0.418 e. The summed E-state index contributed by atoms with van der Waals surface area (Å²) in [5, 5.41) is 10.8. The highest BCUT2D eigenvalue weighted by atomic mass is 32.3. The minimum atomic E-state index is -4.86. The van der Waals surface area contributed by atoms with E-state index in [9.17, 15) is 22.8 Å². The molecule has 0 aromatic carbocycles. The summed E-state index contributed by atoms with van der Waals surface area (Å²) in [5.41, 5.74) is 7.26. The Morgan fingerprint density at radius 1 is 1.36 bits per heavy atom. The Balaban J connectivity index is 1.51. The van der Waals surface area contributed by atoms with E-state index in [0.717, 1.165) is 9.58 Å². The SMILES string of the molecule is NC(=O)c1nnnn1CCONC(=O)[C@@H]1CC[C@@H]2CN1C(=O)N2OS(=O)(=O)O. The quantitative estimate of drug-likeness (QED) is 0.217. The van der Waals surface area contributed by atoms with Crippen molar-refractivity contribution in [3.8, 4) is 0 Å². The van der Waals surface area contributed by atoms with Crippen LogP contribution in [-0.2, 0) is 30.9 Å². The molecular formula is C11H16N8O8S. The van der Waals surface area contributed by atoms with E-state index in [0.29, 0.717) is 5.06 Å². The van der Waals surface area contributed by atoms with Crippen LogP contribution < -0.4 is 11.2 Å². The van der Waals surface area contributed by atoms with Gasteiger partial charge in [-0.15, -0.1) is 9.38 Å². The Morgan fingerprint density at radius 2 is 2.11 bits per heavy atom.